The molecule has 7 nitrogen and oxygen atoms in total. The van der Waals surface area contributed by atoms with Crippen molar-refractivity contribution in [3.05, 3.63) is 11.3 Å². The number of nitrogens with one attached hydrogen (secondary N) is 1. The molecule has 0 saturated carbocycles. The summed E-state index contributed by atoms with van der Waals surface area (Å²) in [6, 6.07) is 0.0345. The molecule has 0 aliphatic rings. The lowest BCUT2D eigenvalue weighted by molar-refractivity contribution is -0.137. The molecule has 0 saturated heterocycles. The maximum atomic E-state index is 11.4. The number of carboxylic acids is 1. The molecule has 0 radical (unpaired) electrons. The molecule has 7 heteroatoms. The number of primary amides is 1. The van der Waals surface area contributed by atoms with E-state index in [0.29, 0.717) is 29.9 Å². The summed E-state index contributed by atoms with van der Waals surface area (Å²) in [6.07, 6.45) is 1.40. The van der Waals surface area contributed by atoms with Crippen LogP contribution in [0.25, 0.3) is 0 Å². The van der Waals surface area contributed by atoms with Crippen LogP contribution in [0.2, 0.25) is 0 Å². The predicted octanol–water partition coefficient (Wildman–Crippen LogP) is 0.883. The second kappa shape index (κ2) is 6.21. The van der Waals surface area contributed by atoms with Crippen LogP contribution in [0.15, 0.2) is 0 Å². The van der Waals surface area contributed by atoms with Crippen LogP contribution in [0.1, 0.15) is 42.2 Å². The Morgan fingerprint density at radius 1 is 1.53 bits per heavy atom. The van der Waals surface area contributed by atoms with E-state index in [1.807, 2.05) is 6.92 Å². The lowest BCUT2D eigenvalue weighted by atomic mass is 10.1. The van der Waals surface area contributed by atoms with Crippen molar-refractivity contribution in [3.8, 4) is 0 Å². The Morgan fingerprint density at radius 3 is 2.68 bits per heavy atom. The number of carbonyl (C=O) groups is 2. The number of carbonyl (C=O) groups excluding carboxylic acids is 1. The standard InChI is InChI=1S/C12H20N4O3/c1-7(5-4-6-9(17)18)14-12-10(11(13)19)8(2)15-16(12)3/h7,14H,4-6H2,1-3H3,(H2,13,19)(H,17,18). The van der Waals surface area contributed by atoms with Gasteiger partial charge < -0.3 is 16.2 Å². The molecule has 0 aliphatic carbocycles. The van der Waals surface area contributed by atoms with Crippen LogP contribution >= 0.6 is 0 Å². The molecular formula is C12H20N4O3. The first-order valence-corrected chi connectivity index (χ1v) is 6.14. The van der Waals surface area contributed by atoms with Gasteiger partial charge in [0.25, 0.3) is 5.91 Å². The van der Waals surface area contributed by atoms with E-state index in [1.54, 1.807) is 18.7 Å². The van der Waals surface area contributed by atoms with Gasteiger partial charge in [0.15, 0.2) is 0 Å². The van der Waals surface area contributed by atoms with Crippen LogP contribution in [0.4, 0.5) is 5.82 Å². The van der Waals surface area contributed by atoms with Gasteiger partial charge >= 0.3 is 5.97 Å². The first kappa shape index (κ1) is 15.0. The van der Waals surface area contributed by atoms with Crippen molar-refractivity contribution in [2.75, 3.05) is 5.32 Å². The minimum absolute atomic E-state index is 0.0345. The molecule has 1 atom stereocenters. The van der Waals surface area contributed by atoms with Gasteiger partial charge in [-0.1, -0.05) is 0 Å². The minimum Gasteiger partial charge on any atom is -0.481 e. The van der Waals surface area contributed by atoms with Crippen LogP contribution < -0.4 is 11.1 Å². The Balaban J connectivity index is 2.71. The van der Waals surface area contributed by atoms with Crippen molar-refractivity contribution in [3.63, 3.8) is 0 Å². The molecular weight excluding hydrogens is 248 g/mol. The highest BCUT2D eigenvalue weighted by Gasteiger charge is 2.19. The van der Waals surface area contributed by atoms with E-state index in [1.165, 1.54) is 0 Å². The smallest absolute Gasteiger partial charge is 0.303 e. The van der Waals surface area contributed by atoms with Gasteiger partial charge in [0.1, 0.15) is 11.4 Å². The fourth-order valence-corrected chi connectivity index (χ4v) is 1.98. The highest BCUT2D eigenvalue weighted by atomic mass is 16.4. The molecule has 0 bridgehead atoms. The van der Waals surface area contributed by atoms with Gasteiger partial charge in [0.05, 0.1) is 5.69 Å². The zero-order chi connectivity index (χ0) is 14.6. The quantitative estimate of drug-likeness (QED) is 0.680. The fraction of sp³-hybridized carbons (Fsp3) is 0.583. The van der Waals surface area contributed by atoms with Gasteiger partial charge in [-0.15, -0.1) is 0 Å². The minimum atomic E-state index is -0.804. The Morgan fingerprint density at radius 2 is 2.16 bits per heavy atom. The van der Waals surface area contributed by atoms with Gasteiger partial charge in [-0.25, -0.2) is 0 Å². The molecule has 0 fully saturated rings. The number of hydrogen-bond acceptors (Lipinski definition) is 4. The van der Waals surface area contributed by atoms with Crippen LogP contribution in [-0.2, 0) is 11.8 Å². The van der Waals surface area contributed by atoms with Gasteiger partial charge in [-0.2, -0.15) is 5.10 Å². The van der Waals surface area contributed by atoms with Gasteiger partial charge in [0.2, 0.25) is 0 Å². The maximum absolute atomic E-state index is 11.4. The number of aliphatic carboxylic acids is 1. The molecule has 1 unspecified atom stereocenters. The highest BCUT2D eigenvalue weighted by Crippen LogP contribution is 2.19. The normalized spacial score (nSPS) is 12.2. The second-order valence-electron chi connectivity index (χ2n) is 4.63. The zero-order valence-electron chi connectivity index (χ0n) is 11.4. The SMILES string of the molecule is Cc1nn(C)c(NC(C)CCCC(=O)O)c1C(N)=O. The Hall–Kier alpha value is -2.05. The van der Waals surface area contributed by atoms with E-state index >= 15 is 0 Å². The average molecular weight is 268 g/mol. The third kappa shape index (κ3) is 3.97. The first-order valence-electron chi connectivity index (χ1n) is 6.14. The van der Waals surface area contributed by atoms with E-state index in [9.17, 15) is 9.59 Å². The van der Waals surface area contributed by atoms with Gasteiger partial charge in [0, 0.05) is 19.5 Å². The summed E-state index contributed by atoms with van der Waals surface area (Å²) in [5.74, 6) is -0.750. The van der Waals surface area contributed by atoms with Crippen LogP contribution in [0.5, 0.6) is 0 Å². The largest absolute Gasteiger partial charge is 0.481 e. The Bertz CT molecular complexity index is 482. The van der Waals surface area contributed by atoms with E-state index in [-0.39, 0.29) is 12.5 Å². The van der Waals surface area contributed by atoms with Crippen molar-refractivity contribution in [2.45, 2.75) is 39.2 Å². The number of rotatable bonds is 7. The predicted molar refractivity (Wildman–Crippen MR) is 71.0 cm³/mol. The van der Waals surface area contributed by atoms with Gasteiger partial charge in [-0.05, 0) is 26.7 Å². The molecule has 1 aromatic rings. The average Bonchev–Trinajstić information content (AvgIpc) is 2.53. The van der Waals surface area contributed by atoms with Crippen molar-refractivity contribution in [2.24, 2.45) is 12.8 Å². The number of aromatic nitrogens is 2. The van der Waals surface area contributed by atoms with Crippen molar-refractivity contribution in [1.29, 1.82) is 0 Å². The van der Waals surface area contributed by atoms with Crippen LogP contribution in [0.3, 0.4) is 0 Å². The molecule has 0 aromatic carbocycles. The lowest BCUT2D eigenvalue weighted by Crippen LogP contribution is -2.21. The lowest BCUT2D eigenvalue weighted by Gasteiger charge is -2.15. The molecule has 1 rings (SSSR count). The summed E-state index contributed by atoms with van der Waals surface area (Å²) < 4.78 is 1.57. The molecule has 106 valence electrons. The van der Waals surface area contributed by atoms with Crippen molar-refractivity contribution in [1.82, 2.24) is 9.78 Å². The Labute approximate surface area is 111 Å². The summed E-state index contributed by atoms with van der Waals surface area (Å²) in [7, 11) is 1.73. The number of carboxylic acid groups (broad SMARTS) is 1. The summed E-state index contributed by atoms with van der Waals surface area (Å²) in [6.45, 7) is 3.65. The molecule has 1 heterocycles. The fourth-order valence-electron chi connectivity index (χ4n) is 1.98. The number of amides is 1. The summed E-state index contributed by atoms with van der Waals surface area (Å²) in [4.78, 5) is 21.8. The third-order valence-corrected chi connectivity index (χ3v) is 2.88. The number of nitrogens with zero attached hydrogens (tertiary/aromatic N) is 2. The zero-order valence-corrected chi connectivity index (χ0v) is 11.4. The summed E-state index contributed by atoms with van der Waals surface area (Å²) >= 11 is 0. The number of nitrogens with two attached hydrogens (primary N) is 1. The molecule has 19 heavy (non-hydrogen) atoms. The number of anilines is 1. The van der Waals surface area contributed by atoms with E-state index in [2.05, 4.69) is 10.4 Å². The second-order valence-corrected chi connectivity index (χ2v) is 4.63. The number of aryl methyl sites for hydroxylation is 2. The van der Waals surface area contributed by atoms with Crippen molar-refractivity contribution < 1.29 is 14.7 Å². The van der Waals surface area contributed by atoms with Crippen LogP contribution in [-0.4, -0.2) is 32.8 Å². The molecule has 1 aromatic heterocycles. The van der Waals surface area contributed by atoms with E-state index in [4.69, 9.17) is 10.8 Å². The highest BCUT2D eigenvalue weighted by molar-refractivity contribution is 5.98. The summed E-state index contributed by atoms with van der Waals surface area (Å²) in [5, 5.41) is 15.9. The Kier molecular flexibility index (Phi) is 4.91. The van der Waals surface area contributed by atoms with Gasteiger partial charge in [-0.3, -0.25) is 14.3 Å². The summed E-state index contributed by atoms with van der Waals surface area (Å²) in [5.41, 5.74) is 6.30. The maximum Gasteiger partial charge on any atom is 0.303 e. The van der Waals surface area contributed by atoms with Crippen molar-refractivity contribution >= 4 is 17.7 Å². The van der Waals surface area contributed by atoms with E-state index < -0.39 is 11.9 Å². The monoisotopic (exact) mass is 268 g/mol. The van der Waals surface area contributed by atoms with E-state index in [0.717, 1.165) is 0 Å². The molecule has 0 spiro atoms. The topological polar surface area (TPSA) is 110 Å². The molecule has 1 amide bonds. The van der Waals surface area contributed by atoms with Crippen LogP contribution in [0, 0.1) is 6.92 Å². The third-order valence-electron chi connectivity index (χ3n) is 2.88. The molecule has 0 aliphatic heterocycles. The molecule has 4 N–H and O–H groups in total. The number of hydrogen-bond donors (Lipinski definition) is 3. The first-order chi connectivity index (χ1) is 8.82.